The van der Waals surface area contributed by atoms with Gasteiger partial charge in [-0.2, -0.15) is 0 Å². The number of carbonyl (C=O) groups excluding carboxylic acids is 1. The normalized spacial score (nSPS) is 18.8. The van der Waals surface area contributed by atoms with Crippen LogP contribution in [0, 0.1) is 11.7 Å². The van der Waals surface area contributed by atoms with Gasteiger partial charge in [-0.15, -0.1) is 0 Å². The van der Waals surface area contributed by atoms with Crippen molar-refractivity contribution < 1.29 is 19.0 Å². The van der Waals surface area contributed by atoms with Gasteiger partial charge in [0, 0.05) is 31.4 Å². The van der Waals surface area contributed by atoms with Gasteiger partial charge < -0.3 is 25.0 Å². The van der Waals surface area contributed by atoms with Crippen molar-refractivity contribution in [1.29, 1.82) is 0 Å². The molecule has 2 aliphatic rings. The van der Waals surface area contributed by atoms with Crippen molar-refractivity contribution in [1.82, 2.24) is 10.2 Å². The van der Waals surface area contributed by atoms with Crippen LogP contribution in [0.1, 0.15) is 38.7 Å². The van der Waals surface area contributed by atoms with E-state index in [2.05, 4.69) is 21.2 Å². The summed E-state index contributed by atoms with van der Waals surface area (Å²) in [5, 5.41) is 15.7. The zero-order valence-electron chi connectivity index (χ0n) is 23.3. The Balaban J connectivity index is 1.23. The van der Waals surface area contributed by atoms with Gasteiger partial charge in [0.1, 0.15) is 18.2 Å². The summed E-state index contributed by atoms with van der Waals surface area (Å²) in [5.74, 6) is 0.299. The summed E-state index contributed by atoms with van der Waals surface area (Å²) in [5.41, 5.74) is 1.15. The van der Waals surface area contributed by atoms with Gasteiger partial charge in [-0.3, -0.25) is 4.79 Å². The standard InChI is InChI=1S/C32H39ClFN3O3/c1-32(2,39)21-40-30-10-5-22(16-29(30)33)15-27(20-36-12-3-4-13-36)35-31(38)25-11-14-37(19-25)28-9-7-23-17-26(34)8-6-24(23)18-28/h5-10,16-18,25,27,39H,3-4,11-15,19-21H2,1-2H3,(H,35,38)/t25-,27?/m1/s1. The zero-order valence-corrected chi connectivity index (χ0v) is 24.1. The molecule has 0 saturated carbocycles. The van der Waals surface area contributed by atoms with Crippen LogP contribution in [0.2, 0.25) is 5.02 Å². The third-order valence-corrected chi connectivity index (χ3v) is 8.09. The fourth-order valence-electron chi connectivity index (χ4n) is 5.69. The molecule has 3 aromatic rings. The lowest BCUT2D eigenvalue weighted by atomic mass is 10.0. The lowest BCUT2D eigenvalue weighted by Gasteiger charge is -2.26. The number of carbonyl (C=O) groups is 1. The molecule has 1 unspecified atom stereocenters. The molecule has 2 heterocycles. The molecule has 40 heavy (non-hydrogen) atoms. The topological polar surface area (TPSA) is 65.0 Å². The van der Waals surface area contributed by atoms with E-state index in [4.69, 9.17) is 16.3 Å². The number of anilines is 1. The number of amides is 1. The number of likely N-dealkylation sites (tertiary alicyclic amines) is 1. The number of ether oxygens (including phenoxy) is 1. The van der Waals surface area contributed by atoms with Crippen LogP contribution in [-0.2, 0) is 11.2 Å². The number of fused-ring (bicyclic) bond motifs is 1. The zero-order chi connectivity index (χ0) is 28.3. The van der Waals surface area contributed by atoms with Gasteiger partial charge in [-0.25, -0.2) is 4.39 Å². The third-order valence-electron chi connectivity index (χ3n) is 7.79. The Morgan fingerprint density at radius 3 is 2.60 bits per heavy atom. The summed E-state index contributed by atoms with van der Waals surface area (Å²) < 4.78 is 19.3. The Hall–Kier alpha value is -2.87. The lowest BCUT2D eigenvalue weighted by molar-refractivity contribution is -0.125. The van der Waals surface area contributed by atoms with E-state index in [-0.39, 0.29) is 30.3 Å². The number of aliphatic hydroxyl groups is 1. The van der Waals surface area contributed by atoms with Crippen LogP contribution in [0.15, 0.2) is 54.6 Å². The molecule has 0 aliphatic carbocycles. The minimum atomic E-state index is -0.948. The van der Waals surface area contributed by atoms with E-state index < -0.39 is 5.60 Å². The summed E-state index contributed by atoms with van der Waals surface area (Å²) in [7, 11) is 0. The van der Waals surface area contributed by atoms with Crippen LogP contribution in [-0.4, -0.2) is 66.9 Å². The number of nitrogens with zero attached hydrogens (tertiary/aromatic N) is 2. The number of nitrogens with one attached hydrogen (secondary N) is 1. The van der Waals surface area contributed by atoms with Crippen LogP contribution >= 0.6 is 11.6 Å². The molecule has 6 nitrogen and oxygen atoms in total. The monoisotopic (exact) mass is 567 g/mol. The Morgan fingerprint density at radius 2 is 1.85 bits per heavy atom. The van der Waals surface area contributed by atoms with Crippen molar-refractivity contribution in [2.75, 3.05) is 44.2 Å². The van der Waals surface area contributed by atoms with Gasteiger partial charge >= 0.3 is 0 Å². The van der Waals surface area contributed by atoms with Gasteiger partial charge in [0.15, 0.2) is 0 Å². The maximum atomic E-state index is 13.6. The molecule has 2 aliphatic heterocycles. The summed E-state index contributed by atoms with van der Waals surface area (Å²) >= 11 is 6.51. The van der Waals surface area contributed by atoms with E-state index in [0.717, 1.165) is 54.6 Å². The molecule has 8 heteroatoms. The predicted octanol–water partition coefficient (Wildman–Crippen LogP) is 5.43. The average Bonchev–Trinajstić information content (AvgIpc) is 3.60. The molecule has 2 fully saturated rings. The molecule has 2 N–H and O–H groups in total. The Kier molecular flexibility index (Phi) is 8.83. The molecule has 5 rings (SSSR count). The highest BCUT2D eigenvalue weighted by Crippen LogP contribution is 2.29. The molecular formula is C32H39ClFN3O3. The Morgan fingerprint density at radius 1 is 1.10 bits per heavy atom. The van der Waals surface area contributed by atoms with Gasteiger partial charge in [0.05, 0.1) is 16.5 Å². The molecule has 0 radical (unpaired) electrons. The quantitative estimate of drug-likeness (QED) is 0.342. The Labute approximate surface area is 241 Å². The van der Waals surface area contributed by atoms with Crippen molar-refractivity contribution in [3.05, 3.63) is 71.0 Å². The first-order valence-electron chi connectivity index (χ1n) is 14.2. The number of hydrogen-bond donors (Lipinski definition) is 2. The van der Waals surface area contributed by atoms with E-state index in [9.17, 15) is 14.3 Å². The minimum Gasteiger partial charge on any atom is -0.489 e. The summed E-state index contributed by atoms with van der Waals surface area (Å²) in [6.07, 6.45) is 3.85. The van der Waals surface area contributed by atoms with Crippen molar-refractivity contribution in [3.63, 3.8) is 0 Å². The highest BCUT2D eigenvalue weighted by Gasteiger charge is 2.30. The van der Waals surface area contributed by atoms with Crippen molar-refractivity contribution in [3.8, 4) is 5.75 Å². The lowest BCUT2D eigenvalue weighted by Crippen LogP contribution is -2.46. The van der Waals surface area contributed by atoms with E-state index >= 15 is 0 Å². The number of hydrogen-bond acceptors (Lipinski definition) is 5. The number of benzene rings is 3. The molecule has 0 spiro atoms. The first-order chi connectivity index (χ1) is 19.1. The van der Waals surface area contributed by atoms with Crippen LogP contribution in [0.5, 0.6) is 5.75 Å². The molecule has 214 valence electrons. The molecular weight excluding hydrogens is 529 g/mol. The highest BCUT2D eigenvalue weighted by molar-refractivity contribution is 6.32. The highest BCUT2D eigenvalue weighted by atomic mass is 35.5. The third kappa shape index (κ3) is 7.45. The maximum absolute atomic E-state index is 13.6. The van der Waals surface area contributed by atoms with Crippen LogP contribution in [0.3, 0.4) is 0 Å². The van der Waals surface area contributed by atoms with Crippen molar-refractivity contribution in [2.45, 2.75) is 51.2 Å². The smallest absolute Gasteiger partial charge is 0.225 e. The van der Waals surface area contributed by atoms with Crippen molar-refractivity contribution >= 4 is 34.0 Å². The van der Waals surface area contributed by atoms with Crippen LogP contribution < -0.4 is 15.0 Å². The number of halogens is 2. The van der Waals surface area contributed by atoms with Crippen molar-refractivity contribution in [2.24, 2.45) is 5.92 Å². The first-order valence-corrected chi connectivity index (χ1v) is 14.6. The van der Waals surface area contributed by atoms with Crippen LogP contribution in [0.25, 0.3) is 10.8 Å². The fourth-order valence-corrected chi connectivity index (χ4v) is 5.95. The maximum Gasteiger partial charge on any atom is 0.225 e. The van der Waals surface area contributed by atoms with E-state index in [0.29, 0.717) is 23.7 Å². The average molecular weight is 568 g/mol. The largest absolute Gasteiger partial charge is 0.489 e. The molecule has 0 bridgehead atoms. The van der Waals surface area contributed by atoms with E-state index in [1.54, 1.807) is 26.0 Å². The van der Waals surface area contributed by atoms with E-state index in [1.165, 1.54) is 18.9 Å². The molecule has 3 aromatic carbocycles. The second kappa shape index (κ2) is 12.3. The first kappa shape index (κ1) is 28.7. The Bertz CT molecular complexity index is 1340. The summed E-state index contributed by atoms with van der Waals surface area (Å²) in [4.78, 5) is 18.1. The molecule has 0 aromatic heterocycles. The van der Waals surface area contributed by atoms with Crippen LogP contribution in [0.4, 0.5) is 10.1 Å². The molecule has 2 saturated heterocycles. The SMILES string of the molecule is CC(C)(O)COc1ccc(CC(CN2CCCC2)NC(=O)[C@@H]2CCN(c3ccc4cc(F)ccc4c3)C2)cc1Cl. The number of rotatable bonds is 10. The second-order valence-corrected chi connectivity index (χ2v) is 12.3. The van der Waals surface area contributed by atoms with E-state index in [1.807, 2.05) is 30.3 Å². The molecule has 2 atom stereocenters. The minimum absolute atomic E-state index is 0.0329. The van der Waals surface area contributed by atoms with Gasteiger partial charge in [0.25, 0.3) is 0 Å². The summed E-state index contributed by atoms with van der Waals surface area (Å²) in [6.45, 7) is 7.91. The van der Waals surface area contributed by atoms with Gasteiger partial charge in [-0.05, 0) is 105 Å². The van der Waals surface area contributed by atoms with Gasteiger partial charge in [-0.1, -0.05) is 29.8 Å². The summed E-state index contributed by atoms with van der Waals surface area (Å²) in [6, 6.07) is 16.5. The predicted molar refractivity (Wildman–Crippen MR) is 159 cm³/mol. The fraction of sp³-hybridized carbons (Fsp3) is 0.469. The van der Waals surface area contributed by atoms with Gasteiger partial charge in [0.2, 0.25) is 5.91 Å². The molecule has 1 amide bonds. The second-order valence-electron chi connectivity index (χ2n) is 11.9.